The molecule has 5 atom stereocenters. The van der Waals surface area contributed by atoms with Gasteiger partial charge in [0.1, 0.15) is 11.6 Å². The van der Waals surface area contributed by atoms with E-state index in [0.29, 0.717) is 50.4 Å². The Morgan fingerprint density at radius 1 is 0.852 bits per heavy atom. The SMILES string of the molecule is Cc1ccc(S(=O)(=O)N[C@H](Cc2ccccc2)C(=O)Nc2cccc(C3O[C@H](CN4CCC5(CC4)C(=O)NCN5c4ccccc4)[C@H](C)[C@H](c4ccc(CO)cc4)O3)c2)cc1. The third-order valence-corrected chi connectivity index (χ3v) is 13.8. The number of benzene rings is 5. The van der Waals surface area contributed by atoms with Crippen molar-refractivity contribution in [2.45, 2.75) is 74.7 Å². The molecule has 1 unspecified atom stereocenters. The van der Waals surface area contributed by atoms with Gasteiger partial charge >= 0.3 is 0 Å². The monoisotopic (exact) mass is 843 g/mol. The van der Waals surface area contributed by atoms with Gasteiger partial charge in [0.05, 0.1) is 30.4 Å². The van der Waals surface area contributed by atoms with E-state index in [1.165, 1.54) is 12.1 Å². The fourth-order valence-electron chi connectivity index (χ4n) is 8.72. The van der Waals surface area contributed by atoms with Crippen LogP contribution < -0.4 is 20.3 Å². The molecule has 61 heavy (non-hydrogen) atoms. The van der Waals surface area contributed by atoms with E-state index in [9.17, 15) is 23.1 Å². The lowest BCUT2D eigenvalue weighted by Crippen LogP contribution is -2.57. The predicted octanol–water partition coefficient (Wildman–Crippen LogP) is 6.24. The molecule has 13 heteroatoms. The molecule has 0 bridgehead atoms. The van der Waals surface area contributed by atoms with Gasteiger partial charge in [-0.1, -0.05) is 110 Å². The molecule has 4 N–H and O–H groups in total. The molecule has 3 fully saturated rings. The summed E-state index contributed by atoms with van der Waals surface area (Å²) in [5.74, 6) is -0.508. The number of likely N-dealkylation sites (tertiary alicyclic amines) is 1. The third kappa shape index (κ3) is 9.42. The smallest absolute Gasteiger partial charge is 0.247 e. The summed E-state index contributed by atoms with van der Waals surface area (Å²) in [6.07, 6.45) is 0.0688. The highest BCUT2D eigenvalue weighted by atomic mass is 32.2. The van der Waals surface area contributed by atoms with Crippen molar-refractivity contribution >= 4 is 33.2 Å². The van der Waals surface area contributed by atoms with Crippen molar-refractivity contribution in [3.05, 3.63) is 161 Å². The van der Waals surface area contributed by atoms with Gasteiger partial charge in [-0.3, -0.25) is 9.59 Å². The second kappa shape index (κ2) is 18.3. The first-order chi connectivity index (χ1) is 29.5. The van der Waals surface area contributed by atoms with E-state index in [4.69, 9.17) is 9.47 Å². The number of para-hydroxylation sites is 1. The van der Waals surface area contributed by atoms with Crippen molar-refractivity contribution in [1.29, 1.82) is 0 Å². The maximum Gasteiger partial charge on any atom is 0.247 e. The van der Waals surface area contributed by atoms with Gasteiger partial charge < -0.3 is 35.0 Å². The topological polar surface area (TPSA) is 150 Å². The number of nitrogens with zero attached hydrogens (tertiary/aromatic N) is 2. The van der Waals surface area contributed by atoms with Gasteiger partial charge in [0.2, 0.25) is 21.8 Å². The number of anilines is 2. The van der Waals surface area contributed by atoms with Crippen LogP contribution in [-0.2, 0) is 42.1 Å². The Bertz CT molecular complexity index is 2390. The molecule has 0 aromatic heterocycles. The second-order valence-electron chi connectivity index (χ2n) is 16.4. The Labute approximate surface area is 357 Å². The quantitative estimate of drug-likeness (QED) is 0.108. The fourth-order valence-corrected chi connectivity index (χ4v) is 9.92. The van der Waals surface area contributed by atoms with Gasteiger partial charge in [0.15, 0.2) is 6.29 Å². The molecule has 0 aliphatic carbocycles. The summed E-state index contributed by atoms with van der Waals surface area (Å²) in [6.45, 7) is 6.47. The summed E-state index contributed by atoms with van der Waals surface area (Å²) < 4.78 is 43.3. The Kier molecular flexibility index (Phi) is 12.7. The van der Waals surface area contributed by atoms with Crippen LogP contribution in [0.25, 0.3) is 0 Å². The number of ether oxygens (including phenoxy) is 2. The predicted molar refractivity (Wildman–Crippen MR) is 234 cm³/mol. The molecule has 0 saturated carbocycles. The van der Waals surface area contributed by atoms with Crippen molar-refractivity contribution in [1.82, 2.24) is 14.9 Å². The molecular weight excluding hydrogens is 791 g/mol. The molecule has 1 spiro atoms. The highest BCUT2D eigenvalue weighted by Crippen LogP contribution is 2.43. The highest BCUT2D eigenvalue weighted by molar-refractivity contribution is 7.89. The van der Waals surface area contributed by atoms with Crippen LogP contribution in [0.4, 0.5) is 11.4 Å². The number of nitrogens with one attached hydrogen (secondary N) is 3. The van der Waals surface area contributed by atoms with Crippen molar-refractivity contribution in [3.63, 3.8) is 0 Å². The van der Waals surface area contributed by atoms with E-state index in [2.05, 4.69) is 44.2 Å². The zero-order chi connectivity index (χ0) is 42.6. The summed E-state index contributed by atoms with van der Waals surface area (Å²) in [6, 6.07) is 39.8. The Morgan fingerprint density at radius 3 is 2.23 bits per heavy atom. The zero-order valence-corrected chi connectivity index (χ0v) is 35.3. The summed E-state index contributed by atoms with van der Waals surface area (Å²) in [4.78, 5) is 32.1. The normalized spacial score (nSPS) is 22.1. The molecule has 3 heterocycles. The molecule has 8 rings (SSSR count). The minimum absolute atomic E-state index is 0.0640. The number of piperidine rings is 1. The van der Waals surface area contributed by atoms with Crippen LogP contribution in [0.15, 0.2) is 138 Å². The first-order valence-corrected chi connectivity index (χ1v) is 22.4. The molecule has 2 amide bonds. The van der Waals surface area contributed by atoms with Gasteiger partial charge in [-0.05, 0) is 79.3 Å². The van der Waals surface area contributed by atoms with Crippen LogP contribution in [0.2, 0.25) is 0 Å². The lowest BCUT2D eigenvalue weighted by Gasteiger charge is -2.46. The molecule has 0 radical (unpaired) electrons. The number of aliphatic hydroxyl groups excluding tert-OH is 1. The Balaban J connectivity index is 1.01. The average Bonchev–Trinajstić information content (AvgIpc) is 3.59. The van der Waals surface area contributed by atoms with E-state index in [1.807, 2.05) is 91.9 Å². The number of aliphatic hydroxyl groups is 1. The number of aryl methyl sites for hydroxylation is 1. The number of hydrogen-bond donors (Lipinski definition) is 4. The fraction of sp³-hybridized carbons (Fsp3) is 0.333. The molecular formula is C48H53N5O7S. The minimum atomic E-state index is -4.04. The van der Waals surface area contributed by atoms with Crippen molar-refractivity contribution in [2.24, 2.45) is 5.92 Å². The lowest BCUT2D eigenvalue weighted by molar-refractivity contribution is -0.276. The number of rotatable bonds is 13. The first-order valence-electron chi connectivity index (χ1n) is 20.9. The molecule has 5 aromatic carbocycles. The van der Waals surface area contributed by atoms with Crippen LogP contribution in [0.1, 0.15) is 60.0 Å². The molecule has 3 aliphatic rings. The highest BCUT2D eigenvalue weighted by Gasteiger charge is 2.51. The Hall–Kier alpha value is -5.41. The summed E-state index contributed by atoms with van der Waals surface area (Å²) >= 11 is 0. The molecule has 5 aromatic rings. The maximum atomic E-state index is 14.0. The van der Waals surface area contributed by atoms with E-state index < -0.39 is 33.8 Å². The standard InChI is InChI=1S/C48H53N5O7S/c1-33-16-22-41(23-17-33)61(57,58)51-42(28-35-10-5-3-6-11-35)45(55)50-39-13-9-12-38(29-39)46-59-43(34(2)44(60-46)37-20-18-36(31-54)19-21-37)30-52-26-24-48(25-27-52)47(56)49-32-53(48)40-14-7-4-8-15-40/h3-23,29,34,42-44,46,51,54H,24-28,30-32H2,1-2H3,(H,49,56)(H,50,55)/t34-,42+,43+,44+,46?/m0/s1. The van der Waals surface area contributed by atoms with Gasteiger partial charge in [-0.15, -0.1) is 0 Å². The zero-order valence-electron chi connectivity index (χ0n) is 34.4. The van der Waals surface area contributed by atoms with Crippen molar-refractivity contribution < 1.29 is 32.6 Å². The maximum absolute atomic E-state index is 14.0. The molecule has 3 saturated heterocycles. The average molecular weight is 844 g/mol. The molecule has 3 aliphatic heterocycles. The van der Waals surface area contributed by atoms with Crippen molar-refractivity contribution in [2.75, 3.05) is 36.5 Å². The van der Waals surface area contributed by atoms with E-state index in [1.54, 1.807) is 24.3 Å². The number of carbonyl (C=O) groups is 2. The van der Waals surface area contributed by atoms with Crippen molar-refractivity contribution in [3.8, 4) is 0 Å². The van der Waals surface area contributed by atoms with Crippen LogP contribution in [0.5, 0.6) is 0 Å². The van der Waals surface area contributed by atoms with Gasteiger partial charge in [-0.25, -0.2) is 8.42 Å². The van der Waals surface area contributed by atoms with E-state index >= 15 is 0 Å². The lowest BCUT2D eigenvalue weighted by atomic mass is 9.84. The second-order valence-corrected chi connectivity index (χ2v) is 18.1. The first kappa shape index (κ1) is 42.3. The number of sulfonamides is 1. The summed E-state index contributed by atoms with van der Waals surface area (Å²) in [7, 11) is -4.04. The van der Waals surface area contributed by atoms with Crippen LogP contribution in [0, 0.1) is 12.8 Å². The molecule has 12 nitrogen and oxygen atoms in total. The largest absolute Gasteiger partial charge is 0.392 e. The number of amides is 2. The van der Waals surface area contributed by atoms with E-state index in [-0.39, 0.29) is 42.0 Å². The van der Waals surface area contributed by atoms with Crippen LogP contribution in [0.3, 0.4) is 0 Å². The molecule has 318 valence electrons. The summed E-state index contributed by atoms with van der Waals surface area (Å²) in [5.41, 5.74) is 5.04. The number of carbonyl (C=O) groups excluding carboxylic acids is 2. The number of hydrogen-bond acceptors (Lipinski definition) is 9. The van der Waals surface area contributed by atoms with Gasteiger partial charge in [0.25, 0.3) is 0 Å². The van der Waals surface area contributed by atoms with Gasteiger partial charge in [-0.2, -0.15) is 4.72 Å². The van der Waals surface area contributed by atoms with Gasteiger partial charge in [0, 0.05) is 42.5 Å². The third-order valence-electron chi connectivity index (χ3n) is 12.3. The van der Waals surface area contributed by atoms with E-state index in [0.717, 1.165) is 27.9 Å². The van der Waals surface area contributed by atoms with Crippen LogP contribution in [-0.4, -0.2) is 74.2 Å². The summed E-state index contributed by atoms with van der Waals surface area (Å²) in [5, 5.41) is 15.8. The minimum Gasteiger partial charge on any atom is -0.392 e. The van der Waals surface area contributed by atoms with Crippen LogP contribution >= 0.6 is 0 Å². The Morgan fingerprint density at radius 2 is 1.54 bits per heavy atom.